The predicted octanol–water partition coefficient (Wildman–Crippen LogP) is 4.17. The molecule has 0 amide bonds. The van der Waals surface area contributed by atoms with Gasteiger partial charge in [0.25, 0.3) is 10.1 Å². The zero-order valence-corrected chi connectivity index (χ0v) is 15.7. The Kier molecular flexibility index (Phi) is 6.74. The van der Waals surface area contributed by atoms with E-state index in [4.69, 9.17) is 16.2 Å². The van der Waals surface area contributed by atoms with E-state index >= 15 is 0 Å². The van der Waals surface area contributed by atoms with Gasteiger partial charge in [0.1, 0.15) is 5.75 Å². The zero-order valence-electron chi connectivity index (χ0n) is 14.1. The molecule has 2 aromatic rings. The Bertz CT molecular complexity index is 882. The summed E-state index contributed by atoms with van der Waals surface area (Å²) in [7, 11) is -4.02. The van der Waals surface area contributed by atoms with Gasteiger partial charge in [-0.05, 0) is 36.8 Å². The van der Waals surface area contributed by atoms with Crippen molar-refractivity contribution in [3.05, 3.63) is 58.6 Å². The second-order valence-electron chi connectivity index (χ2n) is 5.87. The molecule has 0 aliphatic carbocycles. The van der Waals surface area contributed by atoms with E-state index in [1.54, 1.807) is 18.2 Å². The molecular weight excluding hydrogens is 407 g/mol. The van der Waals surface area contributed by atoms with Crippen LogP contribution in [-0.2, 0) is 10.1 Å². The van der Waals surface area contributed by atoms with Gasteiger partial charge in [-0.1, -0.05) is 35.4 Å². The minimum Gasteiger partial charge on any atom is -0.406 e. The number of ether oxygens (including phenoxy) is 1. The molecule has 3 rings (SSSR count). The lowest BCUT2D eigenvalue weighted by molar-refractivity contribution is -0.274. The highest BCUT2D eigenvalue weighted by molar-refractivity contribution is 7.85. The minimum atomic E-state index is -4.68. The number of aryl methyl sites for hydroxylation is 1. The molecule has 0 spiro atoms. The number of rotatable bonds is 3. The maximum atomic E-state index is 11.9. The molecule has 2 aromatic carbocycles. The van der Waals surface area contributed by atoms with Gasteiger partial charge >= 0.3 is 6.36 Å². The number of halogens is 4. The van der Waals surface area contributed by atoms with Crippen LogP contribution in [0.5, 0.6) is 5.75 Å². The molecule has 0 aromatic heterocycles. The molecule has 0 bridgehead atoms. The number of alkyl halides is 3. The normalized spacial score (nSPS) is 14.7. The van der Waals surface area contributed by atoms with Gasteiger partial charge in [0.15, 0.2) is 0 Å². The van der Waals surface area contributed by atoms with Crippen molar-refractivity contribution in [1.82, 2.24) is 5.32 Å². The van der Waals surface area contributed by atoms with E-state index < -0.39 is 16.5 Å². The third kappa shape index (κ3) is 6.69. The number of nitrogens with one attached hydrogen (secondary N) is 1. The summed E-state index contributed by atoms with van der Waals surface area (Å²) in [5.74, 6) is 0.000898. The largest absolute Gasteiger partial charge is 0.573 e. The van der Waals surface area contributed by atoms with Crippen molar-refractivity contribution >= 4 is 21.7 Å². The molecule has 1 heterocycles. The van der Waals surface area contributed by atoms with Crippen LogP contribution in [0, 0.1) is 6.92 Å². The summed E-state index contributed by atoms with van der Waals surface area (Å²) in [6, 6.07) is 10.0. The molecule has 1 aliphatic heterocycles. The van der Waals surface area contributed by atoms with Crippen LogP contribution in [0.1, 0.15) is 17.0 Å². The summed E-state index contributed by atoms with van der Waals surface area (Å²) < 4.78 is 69.1. The van der Waals surface area contributed by atoms with Crippen molar-refractivity contribution in [2.45, 2.75) is 24.1 Å². The molecule has 148 valence electrons. The lowest BCUT2D eigenvalue weighted by Gasteiger charge is -2.28. The Morgan fingerprint density at radius 2 is 1.74 bits per heavy atom. The molecule has 1 fully saturated rings. The first-order chi connectivity index (χ1) is 12.5. The lowest BCUT2D eigenvalue weighted by Crippen LogP contribution is -2.39. The van der Waals surface area contributed by atoms with Crippen LogP contribution in [0.25, 0.3) is 0 Å². The molecule has 0 unspecified atom stereocenters. The molecule has 10 heteroatoms. The van der Waals surface area contributed by atoms with Gasteiger partial charge in [-0.3, -0.25) is 4.55 Å². The predicted molar refractivity (Wildman–Crippen MR) is 94.7 cm³/mol. The average molecular weight is 424 g/mol. The van der Waals surface area contributed by atoms with E-state index in [1.165, 1.54) is 24.3 Å². The Hall–Kier alpha value is -1.81. The Labute approximate surface area is 159 Å². The maximum Gasteiger partial charge on any atom is 0.573 e. The first kappa shape index (κ1) is 21.5. The summed E-state index contributed by atoms with van der Waals surface area (Å²) in [5.41, 5.74) is 1.81. The number of hydrogen-bond donors (Lipinski definition) is 2. The fraction of sp³-hybridized carbons (Fsp3) is 0.294. The summed E-state index contributed by atoms with van der Waals surface area (Å²) >= 11 is 5.89. The number of hydrogen-bond acceptors (Lipinski definition) is 4. The highest BCUT2D eigenvalue weighted by Gasteiger charge is 2.31. The molecule has 27 heavy (non-hydrogen) atoms. The van der Waals surface area contributed by atoms with E-state index in [-0.39, 0.29) is 16.6 Å². The minimum absolute atomic E-state index is 0.0666. The molecule has 0 radical (unpaired) electrons. The SMILES string of the molecule is Cc1ccc(S(=O)(=O)O)cc1.FC(F)(F)Oc1ccc(C2CNC2)c(Cl)c1. The Morgan fingerprint density at radius 1 is 1.15 bits per heavy atom. The van der Waals surface area contributed by atoms with E-state index in [1.807, 2.05) is 6.92 Å². The molecule has 0 saturated carbocycles. The van der Waals surface area contributed by atoms with Crippen LogP contribution in [0.2, 0.25) is 5.02 Å². The quantitative estimate of drug-likeness (QED) is 0.725. The van der Waals surface area contributed by atoms with Gasteiger partial charge in [0.2, 0.25) is 0 Å². The summed E-state index contributed by atoms with van der Waals surface area (Å²) in [6.07, 6.45) is -4.68. The topological polar surface area (TPSA) is 75.6 Å². The standard InChI is InChI=1S/C10H9ClF3NO.C7H8O3S/c11-9-3-7(16-10(12,13)14)1-2-8(9)6-4-15-5-6;1-6-2-4-7(5-3-6)11(8,9)10/h1-3,6,15H,4-5H2;2-5H,1H3,(H,8,9,10). The van der Waals surface area contributed by atoms with Crippen molar-refractivity contribution in [2.75, 3.05) is 13.1 Å². The lowest BCUT2D eigenvalue weighted by atomic mass is 9.94. The maximum absolute atomic E-state index is 11.9. The van der Waals surface area contributed by atoms with Crippen LogP contribution in [-0.4, -0.2) is 32.4 Å². The van der Waals surface area contributed by atoms with Gasteiger partial charge in [0, 0.05) is 24.0 Å². The fourth-order valence-corrected chi connectivity index (χ4v) is 3.06. The van der Waals surface area contributed by atoms with Crippen LogP contribution >= 0.6 is 11.6 Å². The second-order valence-corrected chi connectivity index (χ2v) is 7.70. The van der Waals surface area contributed by atoms with Crippen LogP contribution < -0.4 is 10.1 Å². The highest BCUT2D eigenvalue weighted by atomic mass is 35.5. The fourth-order valence-electron chi connectivity index (χ4n) is 2.25. The molecule has 2 N–H and O–H groups in total. The van der Waals surface area contributed by atoms with Gasteiger partial charge < -0.3 is 10.1 Å². The summed E-state index contributed by atoms with van der Waals surface area (Å²) in [5, 5.41) is 3.38. The first-order valence-corrected chi connectivity index (χ1v) is 9.57. The third-order valence-corrected chi connectivity index (χ3v) is 4.94. The average Bonchev–Trinajstić information content (AvgIpc) is 2.47. The monoisotopic (exact) mass is 423 g/mol. The van der Waals surface area contributed by atoms with E-state index in [9.17, 15) is 21.6 Å². The Morgan fingerprint density at radius 3 is 2.15 bits per heavy atom. The van der Waals surface area contributed by atoms with Crippen LogP contribution in [0.4, 0.5) is 13.2 Å². The summed E-state index contributed by atoms with van der Waals surface area (Å²) in [4.78, 5) is -0.0666. The van der Waals surface area contributed by atoms with E-state index in [2.05, 4.69) is 10.1 Å². The van der Waals surface area contributed by atoms with Crippen molar-refractivity contribution < 1.29 is 30.9 Å². The molecule has 1 aliphatic rings. The van der Waals surface area contributed by atoms with Crippen LogP contribution in [0.15, 0.2) is 47.4 Å². The van der Waals surface area contributed by atoms with Crippen molar-refractivity contribution in [3.63, 3.8) is 0 Å². The second kappa shape index (κ2) is 8.47. The highest BCUT2D eigenvalue weighted by Crippen LogP contribution is 2.32. The molecule has 5 nitrogen and oxygen atoms in total. The van der Waals surface area contributed by atoms with Gasteiger partial charge in [0.05, 0.1) is 4.90 Å². The van der Waals surface area contributed by atoms with Gasteiger partial charge in [-0.2, -0.15) is 8.42 Å². The van der Waals surface area contributed by atoms with E-state index in [0.29, 0.717) is 5.02 Å². The van der Waals surface area contributed by atoms with Crippen molar-refractivity contribution in [2.24, 2.45) is 0 Å². The first-order valence-electron chi connectivity index (χ1n) is 7.76. The molecular formula is C17H17ClF3NO4S. The Balaban J connectivity index is 0.000000208. The van der Waals surface area contributed by atoms with Crippen molar-refractivity contribution in [3.8, 4) is 5.75 Å². The summed E-state index contributed by atoms with van der Waals surface area (Å²) in [6.45, 7) is 3.45. The molecule has 1 saturated heterocycles. The van der Waals surface area contributed by atoms with Crippen LogP contribution in [0.3, 0.4) is 0 Å². The zero-order chi connectivity index (χ0) is 20.2. The van der Waals surface area contributed by atoms with Gasteiger partial charge in [-0.25, -0.2) is 0 Å². The number of benzene rings is 2. The van der Waals surface area contributed by atoms with E-state index in [0.717, 1.165) is 24.2 Å². The molecule has 0 atom stereocenters. The van der Waals surface area contributed by atoms with Gasteiger partial charge in [-0.15, -0.1) is 13.2 Å². The third-order valence-electron chi connectivity index (χ3n) is 3.75. The van der Waals surface area contributed by atoms with Crippen molar-refractivity contribution in [1.29, 1.82) is 0 Å². The smallest absolute Gasteiger partial charge is 0.406 e.